The summed E-state index contributed by atoms with van der Waals surface area (Å²) in [5.41, 5.74) is 0. The highest BCUT2D eigenvalue weighted by Gasteiger charge is 2.29. The van der Waals surface area contributed by atoms with Crippen LogP contribution in [0.2, 0.25) is 0 Å². The Balaban J connectivity index is 4.38. The molecule has 0 aromatic heterocycles. The molecule has 0 rings (SSSR count). The zero-order valence-electron chi connectivity index (χ0n) is 8.52. The van der Waals surface area contributed by atoms with Gasteiger partial charge in [-0.15, -0.1) is 0 Å². The molecule has 0 aromatic carbocycles. The van der Waals surface area contributed by atoms with E-state index in [2.05, 4.69) is 20.8 Å². The molecule has 0 aliphatic carbocycles. The molecule has 0 aromatic rings. The first kappa shape index (κ1) is 13.2. The minimum absolute atomic E-state index is 0.426. The van der Waals surface area contributed by atoms with Gasteiger partial charge in [-0.3, -0.25) is 9.59 Å². The van der Waals surface area contributed by atoms with Crippen molar-refractivity contribution in [1.29, 1.82) is 0 Å². The molecule has 0 saturated carbocycles. The lowest BCUT2D eigenvalue weighted by Crippen LogP contribution is -2.31. The van der Waals surface area contributed by atoms with Gasteiger partial charge in [0.05, 0.1) is 14.2 Å². The molecule has 0 radical (unpaired) electrons. The Labute approximate surface area is 86.8 Å². The lowest BCUT2D eigenvalue weighted by molar-refractivity contribution is -0.163. The molecule has 84 valence electrons. The third-order valence-electron chi connectivity index (χ3n) is 1.53. The number of hydrogen-bond donors (Lipinski definition) is 0. The van der Waals surface area contributed by atoms with Crippen LogP contribution in [0.5, 0.6) is 0 Å². The van der Waals surface area contributed by atoms with Crippen LogP contribution >= 0.6 is 0 Å². The third-order valence-corrected chi connectivity index (χ3v) is 1.53. The van der Waals surface area contributed by atoms with Crippen LogP contribution < -0.4 is 0 Å². The highest BCUT2D eigenvalue weighted by atomic mass is 16.6. The lowest BCUT2D eigenvalue weighted by atomic mass is 10.2. The van der Waals surface area contributed by atoms with Gasteiger partial charge in [-0.05, 0) is 0 Å². The summed E-state index contributed by atoms with van der Waals surface area (Å²) in [6.07, 6.45) is 0.922. The first-order chi connectivity index (χ1) is 7.06. The summed E-state index contributed by atoms with van der Waals surface area (Å²) < 4.78 is 13.2. The van der Waals surface area contributed by atoms with Crippen molar-refractivity contribution in [2.75, 3.05) is 20.8 Å². The number of rotatable bonds is 5. The van der Waals surface area contributed by atoms with E-state index >= 15 is 0 Å². The van der Waals surface area contributed by atoms with Gasteiger partial charge in [0.25, 0.3) is 0 Å². The summed E-state index contributed by atoms with van der Waals surface area (Å²) in [5.74, 6) is -3.63. The average Bonchev–Trinajstić information content (AvgIpc) is 2.27. The van der Waals surface area contributed by atoms with Crippen molar-refractivity contribution in [3.63, 3.8) is 0 Å². The molecule has 0 N–H and O–H groups in total. The molecule has 0 saturated heterocycles. The summed E-state index contributed by atoms with van der Waals surface area (Å²) in [7, 11) is 2.24. The highest BCUT2D eigenvalue weighted by molar-refractivity contribution is 5.95. The maximum atomic E-state index is 11.1. The molecule has 0 aliphatic heterocycles. The summed E-state index contributed by atoms with van der Waals surface area (Å²) in [5, 5.41) is 0. The minimum Gasteiger partial charge on any atom is -0.468 e. The van der Waals surface area contributed by atoms with E-state index in [1.165, 1.54) is 0 Å². The summed E-state index contributed by atoms with van der Waals surface area (Å²) in [4.78, 5) is 32.8. The Bertz CT molecular complexity index is 254. The summed E-state index contributed by atoms with van der Waals surface area (Å²) in [6, 6.07) is 0. The Kier molecular flexibility index (Phi) is 5.77. The molecule has 0 spiro atoms. The van der Waals surface area contributed by atoms with Gasteiger partial charge in [-0.1, -0.05) is 6.58 Å². The van der Waals surface area contributed by atoms with E-state index in [0.717, 1.165) is 20.3 Å². The largest absolute Gasteiger partial charge is 0.468 e. The zero-order chi connectivity index (χ0) is 11.8. The van der Waals surface area contributed by atoms with E-state index in [1.54, 1.807) is 0 Å². The van der Waals surface area contributed by atoms with Crippen LogP contribution in [0.3, 0.4) is 0 Å². The van der Waals surface area contributed by atoms with Crippen LogP contribution in [-0.2, 0) is 28.6 Å². The maximum absolute atomic E-state index is 11.1. The molecule has 0 amide bonds. The zero-order valence-corrected chi connectivity index (χ0v) is 8.52. The van der Waals surface area contributed by atoms with E-state index in [1.807, 2.05) is 0 Å². The van der Waals surface area contributed by atoms with Gasteiger partial charge in [0, 0.05) is 6.08 Å². The van der Waals surface area contributed by atoms with E-state index < -0.39 is 30.4 Å². The van der Waals surface area contributed by atoms with E-state index in [-0.39, 0.29) is 0 Å². The summed E-state index contributed by atoms with van der Waals surface area (Å²) >= 11 is 0. The van der Waals surface area contributed by atoms with Crippen LogP contribution in [0, 0.1) is 5.92 Å². The van der Waals surface area contributed by atoms with E-state index in [4.69, 9.17) is 0 Å². The van der Waals surface area contributed by atoms with Crippen molar-refractivity contribution >= 4 is 17.9 Å². The van der Waals surface area contributed by atoms with Gasteiger partial charge in [0.1, 0.15) is 6.61 Å². The van der Waals surface area contributed by atoms with Crippen molar-refractivity contribution in [1.82, 2.24) is 0 Å². The van der Waals surface area contributed by atoms with Gasteiger partial charge in [0.2, 0.25) is 0 Å². The fourth-order valence-corrected chi connectivity index (χ4v) is 0.741. The number of esters is 3. The van der Waals surface area contributed by atoms with Gasteiger partial charge < -0.3 is 14.2 Å². The highest BCUT2D eigenvalue weighted by Crippen LogP contribution is 2.03. The molecule has 6 heteroatoms. The topological polar surface area (TPSA) is 78.9 Å². The Hall–Kier alpha value is -1.85. The van der Waals surface area contributed by atoms with Crippen molar-refractivity contribution in [2.24, 2.45) is 5.92 Å². The van der Waals surface area contributed by atoms with Gasteiger partial charge in [-0.2, -0.15) is 0 Å². The number of carbonyl (C=O) groups excluding carboxylic acids is 3. The van der Waals surface area contributed by atoms with Crippen molar-refractivity contribution < 1.29 is 28.6 Å². The Morgan fingerprint density at radius 3 is 2.00 bits per heavy atom. The van der Waals surface area contributed by atoms with Crippen molar-refractivity contribution in [2.45, 2.75) is 0 Å². The monoisotopic (exact) mass is 216 g/mol. The molecule has 15 heavy (non-hydrogen) atoms. The average molecular weight is 216 g/mol. The van der Waals surface area contributed by atoms with Gasteiger partial charge in [-0.25, -0.2) is 4.79 Å². The summed E-state index contributed by atoms with van der Waals surface area (Å²) in [6.45, 7) is 2.74. The fourth-order valence-electron chi connectivity index (χ4n) is 0.741. The molecule has 0 atom stereocenters. The second-order valence-electron chi connectivity index (χ2n) is 2.43. The lowest BCUT2D eigenvalue weighted by Gasteiger charge is -2.11. The van der Waals surface area contributed by atoms with E-state index in [9.17, 15) is 14.4 Å². The van der Waals surface area contributed by atoms with Crippen LogP contribution in [0.15, 0.2) is 12.7 Å². The van der Waals surface area contributed by atoms with E-state index in [0.29, 0.717) is 0 Å². The molecular formula is C9H12O6. The first-order valence-corrected chi connectivity index (χ1v) is 4.01. The normalized spacial score (nSPS) is 9.27. The smallest absolute Gasteiger partial charge is 0.330 e. The number of ether oxygens (including phenoxy) is 3. The molecule has 0 unspecified atom stereocenters. The van der Waals surface area contributed by atoms with Crippen molar-refractivity contribution in [3.8, 4) is 0 Å². The number of carbonyl (C=O) groups is 3. The van der Waals surface area contributed by atoms with Gasteiger partial charge in [0.15, 0.2) is 5.92 Å². The predicted octanol–water partition coefficient (Wildman–Crippen LogP) is -0.322. The van der Waals surface area contributed by atoms with Crippen LogP contribution in [-0.4, -0.2) is 38.7 Å². The maximum Gasteiger partial charge on any atom is 0.330 e. The SMILES string of the molecule is C=CC(=O)OCC(C(=O)OC)C(=O)OC. The minimum atomic E-state index is -1.26. The second-order valence-corrected chi connectivity index (χ2v) is 2.43. The van der Waals surface area contributed by atoms with Crippen molar-refractivity contribution in [3.05, 3.63) is 12.7 Å². The second kappa shape index (κ2) is 6.58. The third kappa shape index (κ3) is 4.26. The van der Waals surface area contributed by atoms with Crippen LogP contribution in [0.25, 0.3) is 0 Å². The molecule has 6 nitrogen and oxygen atoms in total. The first-order valence-electron chi connectivity index (χ1n) is 4.01. The Morgan fingerprint density at radius 1 is 1.20 bits per heavy atom. The number of methoxy groups -OCH3 is 2. The molecule has 0 aliphatic rings. The van der Waals surface area contributed by atoms with Crippen LogP contribution in [0.1, 0.15) is 0 Å². The fraction of sp³-hybridized carbons (Fsp3) is 0.444. The molecular weight excluding hydrogens is 204 g/mol. The van der Waals surface area contributed by atoms with Gasteiger partial charge >= 0.3 is 17.9 Å². The molecule has 0 heterocycles. The standard InChI is InChI=1S/C9H12O6/c1-4-7(10)15-5-6(8(11)13-2)9(12)14-3/h4,6H,1,5H2,2-3H3. The molecule has 0 fully saturated rings. The van der Waals surface area contributed by atoms with Crippen LogP contribution in [0.4, 0.5) is 0 Å². The predicted molar refractivity (Wildman–Crippen MR) is 48.7 cm³/mol. The quantitative estimate of drug-likeness (QED) is 0.271. The molecule has 0 bridgehead atoms. The Morgan fingerprint density at radius 2 is 1.67 bits per heavy atom. The number of hydrogen-bond acceptors (Lipinski definition) is 6.